The van der Waals surface area contributed by atoms with Gasteiger partial charge in [0.05, 0.1) is 23.1 Å². The molecule has 8 heteroatoms. The standard InChI is InChI=1S/C31H27ClFNO5/c32-17-16-27(28(35)20-6-11-23(33)12-7-20)39-31(38)21-8-13-24(14-9-21)34-29(36)25-15-10-22(18-26(25)30(34)37)19-4-2-1-3-5-19/h1-9,11-14,22,25-27H,10,15-18H2/t22-,25-,26+,27-/m0/s1. The van der Waals surface area contributed by atoms with Gasteiger partial charge in [-0.1, -0.05) is 30.3 Å². The van der Waals surface area contributed by atoms with Crippen LogP contribution in [0, 0.1) is 17.7 Å². The number of halogens is 2. The minimum Gasteiger partial charge on any atom is -0.450 e. The molecular formula is C31H27ClFNO5. The monoisotopic (exact) mass is 547 g/mol. The van der Waals surface area contributed by atoms with Gasteiger partial charge >= 0.3 is 5.97 Å². The SMILES string of the molecule is O=C(O[C@@H](CCCl)C(=O)c1ccc(F)cc1)c1ccc(N2C(=O)[C@H]3CC[C@H](c4ccccc4)C[C@H]3C2=O)cc1. The van der Waals surface area contributed by atoms with E-state index in [1.54, 1.807) is 0 Å². The van der Waals surface area contributed by atoms with Crippen LogP contribution >= 0.6 is 11.6 Å². The molecule has 0 N–H and O–H groups in total. The second-order valence-corrected chi connectivity index (χ2v) is 10.3. The Bertz CT molecular complexity index is 1380. The molecule has 1 heterocycles. The van der Waals surface area contributed by atoms with Crippen molar-refractivity contribution in [2.24, 2.45) is 11.8 Å². The summed E-state index contributed by atoms with van der Waals surface area (Å²) in [6.07, 6.45) is 1.08. The molecule has 0 aromatic heterocycles. The summed E-state index contributed by atoms with van der Waals surface area (Å²) in [5, 5.41) is 0. The van der Waals surface area contributed by atoms with E-state index in [1.807, 2.05) is 18.2 Å². The summed E-state index contributed by atoms with van der Waals surface area (Å²) >= 11 is 5.83. The molecule has 0 radical (unpaired) electrons. The van der Waals surface area contributed by atoms with Gasteiger partial charge in [-0.15, -0.1) is 11.6 Å². The summed E-state index contributed by atoms with van der Waals surface area (Å²) in [6, 6.07) is 21.0. The van der Waals surface area contributed by atoms with Crippen LogP contribution in [0.2, 0.25) is 0 Å². The van der Waals surface area contributed by atoms with E-state index in [1.165, 1.54) is 46.9 Å². The summed E-state index contributed by atoms with van der Waals surface area (Å²) in [5.74, 6) is -2.52. The first-order valence-corrected chi connectivity index (χ1v) is 13.5. The number of hydrogen-bond acceptors (Lipinski definition) is 5. The average Bonchev–Trinajstić information content (AvgIpc) is 3.22. The van der Waals surface area contributed by atoms with Crippen molar-refractivity contribution >= 4 is 40.9 Å². The van der Waals surface area contributed by atoms with Gasteiger partial charge in [-0.25, -0.2) is 9.18 Å². The van der Waals surface area contributed by atoms with Gasteiger partial charge in [-0.05, 0) is 79.3 Å². The molecule has 1 aliphatic heterocycles. The third kappa shape index (κ3) is 5.50. The smallest absolute Gasteiger partial charge is 0.338 e. The van der Waals surface area contributed by atoms with Crippen LogP contribution in [0.4, 0.5) is 10.1 Å². The van der Waals surface area contributed by atoms with Gasteiger partial charge in [0.1, 0.15) is 5.82 Å². The Morgan fingerprint density at radius 1 is 0.872 bits per heavy atom. The van der Waals surface area contributed by atoms with Crippen molar-refractivity contribution in [3.05, 3.63) is 101 Å². The summed E-state index contributed by atoms with van der Waals surface area (Å²) in [5.41, 5.74) is 1.94. The lowest BCUT2D eigenvalue weighted by molar-refractivity contribution is -0.122. The van der Waals surface area contributed by atoms with Crippen molar-refractivity contribution in [1.82, 2.24) is 0 Å². The second kappa shape index (κ2) is 11.5. The number of nitrogens with zero attached hydrogens (tertiary/aromatic N) is 1. The summed E-state index contributed by atoms with van der Waals surface area (Å²) < 4.78 is 18.7. The van der Waals surface area contributed by atoms with Gasteiger partial charge in [0.25, 0.3) is 0 Å². The minimum absolute atomic E-state index is 0.0798. The number of amides is 2. The predicted molar refractivity (Wildman–Crippen MR) is 144 cm³/mol. The molecule has 0 unspecified atom stereocenters. The molecule has 2 aliphatic rings. The lowest BCUT2D eigenvalue weighted by Crippen LogP contribution is -2.31. The molecule has 2 fully saturated rings. The molecule has 1 saturated heterocycles. The van der Waals surface area contributed by atoms with E-state index in [9.17, 15) is 23.6 Å². The number of carbonyl (C=O) groups is 4. The van der Waals surface area contributed by atoms with Crippen LogP contribution in [0.5, 0.6) is 0 Å². The van der Waals surface area contributed by atoms with Crippen LogP contribution in [0.1, 0.15) is 57.9 Å². The normalized spacial score (nSPS) is 21.4. The molecule has 5 rings (SSSR count). The van der Waals surface area contributed by atoms with E-state index < -0.39 is 23.7 Å². The largest absolute Gasteiger partial charge is 0.450 e. The fourth-order valence-corrected chi connectivity index (χ4v) is 5.75. The highest BCUT2D eigenvalue weighted by molar-refractivity contribution is 6.22. The average molecular weight is 548 g/mol. The topological polar surface area (TPSA) is 80.8 Å². The molecule has 3 aromatic carbocycles. The first-order valence-electron chi connectivity index (χ1n) is 13.0. The van der Waals surface area contributed by atoms with Crippen molar-refractivity contribution in [1.29, 1.82) is 0 Å². The van der Waals surface area contributed by atoms with E-state index in [-0.39, 0.29) is 53.0 Å². The highest BCUT2D eigenvalue weighted by Crippen LogP contribution is 2.45. The zero-order valence-corrected chi connectivity index (χ0v) is 21.9. The third-order valence-corrected chi connectivity index (χ3v) is 7.82. The number of anilines is 1. The van der Waals surface area contributed by atoms with Crippen molar-refractivity contribution in [3.63, 3.8) is 0 Å². The highest BCUT2D eigenvalue weighted by atomic mass is 35.5. The summed E-state index contributed by atoms with van der Waals surface area (Å²) in [6.45, 7) is 0. The lowest BCUT2D eigenvalue weighted by atomic mass is 9.73. The highest BCUT2D eigenvalue weighted by Gasteiger charge is 2.50. The van der Waals surface area contributed by atoms with E-state index in [0.29, 0.717) is 18.5 Å². The molecule has 1 aliphatic carbocycles. The van der Waals surface area contributed by atoms with Crippen LogP contribution in [-0.4, -0.2) is 35.6 Å². The summed E-state index contributed by atoms with van der Waals surface area (Å²) in [7, 11) is 0. The number of esters is 1. The first kappa shape index (κ1) is 26.8. The molecule has 0 bridgehead atoms. The molecule has 2 amide bonds. The lowest BCUT2D eigenvalue weighted by Gasteiger charge is -2.28. The Kier molecular flexibility index (Phi) is 7.89. The maximum atomic E-state index is 13.3. The fraction of sp³-hybridized carbons (Fsp3) is 0.290. The van der Waals surface area contributed by atoms with Crippen LogP contribution in [0.25, 0.3) is 0 Å². The van der Waals surface area contributed by atoms with E-state index in [2.05, 4.69) is 12.1 Å². The van der Waals surface area contributed by atoms with Crippen molar-refractivity contribution in [2.75, 3.05) is 10.8 Å². The Balaban J connectivity index is 1.27. The molecule has 0 spiro atoms. The Hall–Kier alpha value is -3.84. The fourth-order valence-electron chi connectivity index (χ4n) is 5.55. The van der Waals surface area contributed by atoms with E-state index in [0.717, 1.165) is 18.6 Å². The number of benzene rings is 3. The van der Waals surface area contributed by atoms with Crippen molar-refractivity contribution in [3.8, 4) is 0 Å². The Morgan fingerprint density at radius 2 is 1.51 bits per heavy atom. The van der Waals surface area contributed by atoms with Crippen molar-refractivity contribution in [2.45, 2.75) is 37.7 Å². The molecule has 1 saturated carbocycles. The minimum atomic E-state index is -1.14. The second-order valence-electron chi connectivity index (χ2n) is 9.94. The number of ketones is 1. The quantitative estimate of drug-likeness (QED) is 0.151. The Labute approximate surface area is 230 Å². The van der Waals surface area contributed by atoms with Crippen molar-refractivity contribution < 1.29 is 28.3 Å². The maximum Gasteiger partial charge on any atom is 0.338 e. The van der Waals surface area contributed by atoms with Crippen LogP contribution < -0.4 is 4.90 Å². The number of alkyl halides is 1. The number of hydrogen-bond donors (Lipinski definition) is 0. The van der Waals surface area contributed by atoms with E-state index in [4.69, 9.17) is 16.3 Å². The number of fused-ring (bicyclic) bond motifs is 1. The first-order chi connectivity index (χ1) is 18.9. The van der Waals surface area contributed by atoms with Gasteiger partial charge in [0, 0.05) is 17.9 Å². The molecular weight excluding hydrogens is 521 g/mol. The van der Waals surface area contributed by atoms with Gasteiger partial charge in [0.15, 0.2) is 6.10 Å². The van der Waals surface area contributed by atoms with Gasteiger partial charge in [-0.3, -0.25) is 19.3 Å². The van der Waals surface area contributed by atoms with E-state index >= 15 is 0 Å². The number of imide groups is 1. The predicted octanol–water partition coefficient (Wildman–Crippen LogP) is 5.94. The molecule has 6 nitrogen and oxygen atoms in total. The molecule has 39 heavy (non-hydrogen) atoms. The zero-order valence-electron chi connectivity index (χ0n) is 21.1. The van der Waals surface area contributed by atoms with Gasteiger partial charge < -0.3 is 4.74 Å². The maximum absolute atomic E-state index is 13.3. The van der Waals surface area contributed by atoms with Crippen LogP contribution in [-0.2, 0) is 14.3 Å². The molecule has 200 valence electrons. The number of Topliss-reactive ketones (excluding diaryl/α,β-unsaturated/α-hetero) is 1. The number of carbonyl (C=O) groups excluding carboxylic acids is 4. The van der Waals surface area contributed by atoms with Gasteiger partial charge in [-0.2, -0.15) is 0 Å². The van der Waals surface area contributed by atoms with Gasteiger partial charge in [0.2, 0.25) is 17.6 Å². The molecule has 3 aromatic rings. The number of rotatable bonds is 8. The summed E-state index contributed by atoms with van der Waals surface area (Å²) in [4.78, 5) is 53.4. The molecule has 4 atom stereocenters. The van der Waals surface area contributed by atoms with Crippen LogP contribution in [0.3, 0.4) is 0 Å². The van der Waals surface area contributed by atoms with Crippen LogP contribution in [0.15, 0.2) is 78.9 Å². The third-order valence-electron chi connectivity index (χ3n) is 7.60. The number of ether oxygens (including phenoxy) is 1. The Morgan fingerprint density at radius 3 is 2.18 bits per heavy atom. The zero-order chi connectivity index (χ0) is 27.5.